The van der Waals surface area contributed by atoms with Crippen molar-refractivity contribution in [3.63, 3.8) is 0 Å². The van der Waals surface area contributed by atoms with Gasteiger partial charge in [0.15, 0.2) is 0 Å². The molecule has 2 N–H and O–H groups in total. The molecule has 157 valence electrons. The Bertz CT molecular complexity index is 1510. The van der Waals surface area contributed by atoms with E-state index in [1.807, 2.05) is 42.5 Å². The number of nitrogens with zero attached hydrogens (tertiary/aromatic N) is 1. The Balaban J connectivity index is 1.81. The third-order valence-corrected chi connectivity index (χ3v) is 6.60. The fourth-order valence-corrected chi connectivity index (χ4v) is 4.57. The van der Waals surface area contributed by atoms with Crippen molar-refractivity contribution in [3.05, 3.63) is 105 Å². The smallest absolute Gasteiger partial charge is 0.249 e. The van der Waals surface area contributed by atoms with Crippen LogP contribution >= 0.6 is 27.5 Å². The molecule has 1 radical (unpaired) electrons. The van der Waals surface area contributed by atoms with E-state index < -0.39 is 5.91 Å². The third kappa shape index (κ3) is 3.57. The third-order valence-electron chi connectivity index (χ3n) is 5.57. The van der Waals surface area contributed by atoms with Crippen LogP contribution in [0.5, 0.6) is 0 Å². The number of carbonyl (C=O) groups is 1. The minimum Gasteiger partial charge on any atom is -0.366 e. The topological polar surface area (TPSA) is 48.0 Å². The van der Waals surface area contributed by atoms with Crippen molar-refractivity contribution in [3.8, 4) is 11.1 Å². The highest BCUT2D eigenvalue weighted by molar-refractivity contribution is 9.10. The molecule has 3 nitrogen and oxygen atoms in total. The molecule has 0 atom stereocenters. The van der Waals surface area contributed by atoms with Gasteiger partial charge < -0.3 is 10.3 Å². The molecule has 1 heterocycles. The second-order valence-corrected chi connectivity index (χ2v) is 8.83. The minimum atomic E-state index is -0.503. The lowest BCUT2D eigenvalue weighted by Gasteiger charge is -2.11. The van der Waals surface area contributed by atoms with Crippen LogP contribution in [0.4, 0.5) is 4.39 Å². The van der Waals surface area contributed by atoms with Gasteiger partial charge in [-0.05, 0) is 77.4 Å². The number of carbonyl (C=O) groups excluding carboxylic acids is 1. The summed E-state index contributed by atoms with van der Waals surface area (Å²) in [6.45, 7) is 0.401. The molecular weight excluding hydrogens is 491 g/mol. The van der Waals surface area contributed by atoms with Crippen LogP contribution in [-0.2, 0) is 6.54 Å². The number of hydrogen-bond acceptors (Lipinski definition) is 1. The summed E-state index contributed by atoms with van der Waals surface area (Å²) in [6, 6.07) is 24.9. The summed E-state index contributed by atoms with van der Waals surface area (Å²) in [4.78, 5) is 12.2. The van der Waals surface area contributed by atoms with E-state index in [1.54, 1.807) is 18.2 Å². The maximum atomic E-state index is 14.0. The molecule has 1 aromatic heterocycles. The van der Waals surface area contributed by atoms with Crippen LogP contribution in [-0.4, -0.2) is 10.5 Å². The number of aromatic nitrogens is 1. The quantitative estimate of drug-likeness (QED) is 0.281. The van der Waals surface area contributed by atoms with Gasteiger partial charge in [0.1, 0.15) is 5.82 Å². The molecular formula is C26H16BrClFN2O. The largest absolute Gasteiger partial charge is 0.366 e. The molecule has 0 unspecified atom stereocenters. The molecule has 32 heavy (non-hydrogen) atoms. The molecule has 0 saturated heterocycles. The summed E-state index contributed by atoms with van der Waals surface area (Å²) in [5.41, 5.74) is 10.5. The molecule has 0 fully saturated rings. The second kappa shape index (κ2) is 8.08. The Hall–Kier alpha value is -3.15. The molecule has 0 aliphatic rings. The monoisotopic (exact) mass is 505 g/mol. The van der Waals surface area contributed by atoms with E-state index in [-0.39, 0.29) is 5.82 Å². The van der Waals surface area contributed by atoms with Gasteiger partial charge in [-0.25, -0.2) is 4.39 Å². The lowest BCUT2D eigenvalue weighted by Crippen LogP contribution is -2.11. The highest BCUT2D eigenvalue weighted by atomic mass is 79.9. The normalized spacial score (nSPS) is 11.3. The zero-order valence-electron chi connectivity index (χ0n) is 16.7. The van der Waals surface area contributed by atoms with Crippen molar-refractivity contribution in [1.82, 2.24) is 4.57 Å². The first-order chi connectivity index (χ1) is 15.4. The first-order valence-corrected chi connectivity index (χ1v) is 11.1. The minimum absolute atomic E-state index is 0.310. The van der Waals surface area contributed by atoms with Crippen LogP contribution in [0.3, 0.4) is 0 Å². The highest BCUT2D eigenvalue weighted by Crippen LogP contribution is 2.35. The second-order valence-electron chi connectivity index (χ2n) is 7.54. The Morgan fingerprint density at radius 1 is 1.03 bits per heavy atom. The van der Waals surface area contributed by atoms with Crippen LogP contribution in [0.2, 0.25) is 5.02 Å². The number of amides is 1. The van der Waals surface area contributed by atoms with Crippen molar-refractivity contribution >= 4 is 55.2 Å². The van der Waals surface area contributed by atoms with Gasteiger partial charge in [-0.1, -0.05) is 45.7 Å². The predicted octanol–water partition coefficient (Wildman–Crippen LogP) is 6.96. The van der Waals surface area contributed by atoms with E-state index in [2.05, 4.69) is 26.6 Å². The number of hydrogen-bond donors (Lipinski definition) is 1. The Morgan fingerprint density at radius 2 is 1.81 bits per heavy atom. The summed E-state index contributed by atoms with van der Waals surface area (Å²) in [7, 11) is 0. The van der Waals surface area contributed by atoms with Crippen LogP contribution in [0.25, 0.3) is 32.9 Å². The van der Waals surface area contributed by atoms with Crippen molar-refractivity contribution in [1.29, 1.82) is 0 Å². The van der Waals surface area contributed by atoms with E-state index >= 15 is 0 Å². The number of nitrogens with two attached hydrogens (primary N) is 1. The predicted molar refractivity (Wildman–Crippen MR) is 130 cm³/mol. The number of primary amides is 1. The van der Waals surface area contributed by atoms with Gasteiger partial charge in [0.05, 0.1) is 11.0 Å². The number of rotatable bonds is 4. The Kier molecular flexibility index (Phi) is 5.24. The van der Waals surface area contributed by atoms with Gasteiger partial charge in [0.25, 0.3) is 0 Å². The van der Waals surface area contributed by atoms with Crippen molar-refractivity contribution in [2.45, 2.75) is 6.54 Å². The SMILES string of the molecule is NC(=O)c1cccc2c1c1[c]cc(-c3ccc(Cl)cc3)cc1n2Cc1cc(F)ccc1Br. The van der Waals surface area contributed by atoms with E-state index in [9.17, 15) is 9.18 Å². The van der Waals surface area contributed by atoms with Crippen molar-refractivity contribution < 1.29 is 9.18 Å². The molecule has 4 aromatic carbocycles. The maximum absolute atomic E-state index is 14.0. The molecule has 5 rings (SSSR count). The molecule has 0 saturated carbocycles. The van der Waals surface area contributed by atoms with Gasteiger partial charge in [0, 0.05) is 32.4 Å². The van der Waals surface area contributed by atoms with Gasteiger partial charge in [0.2, 0.25) is 5.91 Å². The summed E-state index contributed by atoms with van der Waals surface area (Å²) in [6.07, 6.45) is 0. The summed E-state index contributed by atoms with van der Waals surface area (Å²) in [5, 5.41) is 2.19. The van der Waals surface area contributed by atoms with E-state index in [0.29, 0.717) is 17.1 Å². The average Bonchev–Trinajstić information content (AvgIpc) is 3.09. The molecule has 5 aromatic rings. The summed E-state index contributed by atoms with van der Waals surface area (Å²) >= 11 is 9.57. The van der Waals surface area contributed by atoms with Crippen LogP contribution < -0.4 is 5.73 Å². The Morgan fingerprint density at radius 3 is 2.56 bits per heavy atom. The zero-order chi connectivity index (χ0) is 22.4. The van der Waals surface area contributed by atoms with Crippen molar-refractivity contribution in [2.75, 3.05) is 0 Å². The first-order valence-electron chi connectivity index (χ1n) is 9.88. The van der Waals surface area contributed by atoms with Crippen LogP contribution in [0.15, 0.2) is 77.3 Å². The lowest BCUT2D eigenvalue weighted by atomic mass is 10.0. The maximum Gasteiger partial charge on any atom is 0.249 e. The Labute approximate surface area is 197 Å². The van der Waals surface area contributed by atoms with Gasteiger partial charge in [-0.15, -0.1) is 0 Å². The lowest BCUT2D eigenvalue weighted by molar-refractivity contribution is 0.100. The fourth-order valence-electron chi connectivity index (χ4n) is 4.08. The molecule has 1 amide bonds. The standard InChI is InChI=1S/C26H16BrClFN2O/c27-22-11-9-19(29)12-17(22)14-31-23-3-1-2-21(26(30)32)25(23)20-10-6-16(13-24(20)31)15-4-7-18(28)8-5-15/h1-9,11-13H,14H2,(H2,30,32). The summed E-state index contributed by atoms with van der Waals surface area (Å²) < 4.78 is 16.8. The molecule has 0 aliphatic heterocycles. The van der Waals surface area contributed by atoms with Gasteiger partial charge in [-0.3, -0.25) is 4.79 Å². The van der Waals surface area contributed by atoms with Gasteiger partial charge >= 0.3 is 0 Å². The fraction of sp³-hybridized carbons (Fsp3) is 0.0385. The number of fused-ring (bicyclic) bond motifs is 3. The number of benzene rings is 4. The summed E-state index contributed by atoms with van der Waals surface area (Å²) in [5.74, 6) is -0.813. The molecule has 0 bridgehead atoms. The average molecular weight is 507 g/mol. The van der Waals surface area contributed by atoms with Crippen LogP contribution in [0, 0.1) is 11.9 Å². The highest BCUT2D eigenvalue weighted by Gasteiger charge is 2.18. The van der Waals surface area contributed by atoms with Gasteiger partial charge in [-0.2, -0.15) is 0 Å². The molecule has 0 spiro atoms. The van der Waals surface area contributed by atoms with Crippen LogP contribution in [0.1, 0.15) is 15.9 Å². The van der Waals surface area contributed by atoms with E-state index in [4.69, 9.17) is 17.3 Å². The first kappa shape index (κ1) is 20.7. The van der Waals surface area contributed by atoms with E-state index in [0.717, 1.165) is 43.0 Å². The van der Waals surface area contributed by atoms with E-state index in [1.165, 1.54) is 12.1 Å². The number of halogens is 3. The van der Waals surface area contributed by atoms with Crippen molar-refractivity contribution in [2.24, 2.45) is 5.73 Å². The molecule has 6 heteroatoms. The molecule has 0 aliphatic carbocycles. The zero-order valence-corrected chi connectivity index (χ0v) is 19.0.